The highest BCUT2D eigenvalue weighted by atomic mass is 16.5. The maximum Gasteiger partial charge on any atom is 0.307 e. The van der Waals surface area contributed by atoms with Gasteiger partial charge in [0.15, 0.2) is 0 Å². The summed E-state index contributed by atoms with van der Waals surface area (Å²) >= 11 is 0. The molecule has 0 aliphatic carbocycles. The maximum atomic E-state index is 10.8. The third kappa shape index (κ3) is 3.74. The highest BCUT2D eigenvalue weighted by Crippen LogP contribution is 2.24. The van der Waals surface area contributed by atoms with E-state index in [0.29, 0.717) is 6.42 Å². The molecule has 3 unspecified atom stereocenters. The van der Waals surface area contributed by atoms with Gasteiger partial charge in [-0.1, -0.05) is 26.0 Å². The molecule has 0 spiro atoms. The van der Waals surface area contributed by atoms with Crippen LogP contribution >= 0.6 is 0 Å². The van der Waals surface area contributed by atoms with Crippen molar-refractivity contribution in [2.45, 2.75) is 32.2 Å². The minimum Gasteiger partial charge on any atom is -0.497 e. The molecule has 0 saturated carbocycles. The van der Waals surface area contributed by atoms with Crippen molar-refractivity contribution in [2.75, 3.05) is 7.11 Å². The molecule has 3 N–H and O–H groups in total. The summed E-state index contributed by atoms with van der Waals surface area (Å²) in [7, 11) is 1.63. The number of benzene rings is 1. The van der Waals surface area contributed by atoms with Crippen LogP contribution in [-0.2, 0) is 4.79 Å². The van der Waals surface area contributed by atoms with Crippen molar-refractivity contribution in [3.63, 3.8) is 0 Å². The first-order valence-corrected chi connectivity index (χ1v) is 6.08. The predicted octanol–water partition coefficient (Wildman–Crippen LogP) is 2.24. The average Bonchev–Trinajstić information content (AvgIpc) is 2.37. The molecule has 1 aromatic rings. The summed E-state index contributed by atoms with van der Waals surface area (Å²) in [5.41, 5.74) is 7.05. The monoisotopic (exact) mass is 251 g/mol. The van der Waals surface area contributed by atoms with Gasteiger partial charge in [-0.3, -0.25) is 4.79 Å². The molecule has 0 saturated heterocycles. The van der Waals surface area contributed by atoms with Gasteiger partial charge in [0.2, 0.25) is 0 Å². The fourth-order valence-corrected chi connectivity index (χ4v) is 1.86. The molecule has 18 heavy (non-hydrogen) atoms. The number of hydrogen-bond acceptors (Lipinski definition) is 3. The number of aliphatic carboxylic acids is 1. The van der Waals surface area contributed by atoms with Gasteiger partial charge in [-0.2, -0.15) is 0 Å². The van der Waals surface area contributed by atoms with E-state index in [-0.39, 0.29) is 12.0 Å². The molecular weight excluding hydrogens is 230 g/mol. The first-order chi connectivity index (χ1) is 8.45. The van der Waals surface area contributed by atoms with Crippen molar-refractivity contribution < 1.29 is 14.6 Å². The molecular formula is C14H21NO3. The molecule has 0 amide bonds. The molecule has 4 nitrogen and oxygen atoms in total. The zero-order chi connectivity index (χ0) is 13.7. The smallest absolute Gasteiger partial charge is 0.307 e. The Bertz CT molecular complexity index is 389. The number of rotatable bonds is 6. The van der Waals surface area contributed by atoms with Gasteiger partial charge in [0.25, 0.3) is 0 Å². The summed E-state index contributed by atoms with van der Waals surface area (Å²) in [6.07, 6.45) is 0.653. The second-order valence-electron chi connectivity index (χ2n) is 4.70. The van der Waals surface area contributed by atoms with Gasteiger partial charge in [0, 0.05) is 6.04 Å². The van der Waals surface area contributed by atoms with Crippen molar-refractivity contribution in [3.8, 4) is 5.75 Å². The van der Waals surface area contributed by atoms with Crippen LogP contribution in [0.2, 0.25) is 0 Å². The minimum absolute atomic E-state index is 0.229. The summed E-state index contributed by atoms with van der Waals surface area (Å²) in [4.78, 5) is 10.8. The van der Waals surface area contributed by atoms with Gasteiger partial charge in [-0.15, -0.1) is 0 Å². The van der Waals surface area contributed by atoms with Gasteiger partial charge < -0.3 is 15.6 Å². The largest absolute Gasteiger partial charge is 0.497 e. The summed E-state index contributed by atoms with van der Waals surface area (Å²) in [6, 6.07) is 7.44. The van der Waals surface area contributed by atoms with Gasteiger partial charge in [0.1, 0.15) is 5.75 Å². The molecule has 100 valence electrons. The summed E-state index contributed by atoms with van der Waals surface area (Å²) in [5.74, 6) is -0.322. The Balaban J connectivity index is 2.63. The van der Waals surface area contributed by atoms with E-state index in [1.807, 2.05) is 24.3 Å². The average molecular weight is 251 g/mol. The number of carboxylic acids is 1. The fraction of sp³-hybridized carbons (Fsp3) is 0.500. The highest BCUT2D eigenvalue weighted by Gasteiger charge is 2.22. The predicted molar refractivity (Wildman–Crippen MR) is 70.8 cm³/mol. The van der Waals surface area contributed by atoms with Crippen LogP contribution in [0, 0.1) is 5.92 Å². The third-order valence-electron chi connectivity index (χ3n) is 3.34. The van der Waals surface area contributed by atoms with Crippen LogP contribution in [-0.4, -0.2) is 24.2 Å². The molecule has 1 rings (SSSR count). The van der Waals surface area contributed by atoms with Crippen molar-refractivity contribution in [3.05, 3.63) is 29.8 Å². The van der Waals surface area contributed by atoms with Crippen LogP contribution in [0.15, 0.2) is 24.3 Å². The first-order valence-electron chi connectivity index (χ1n) is 6.08. The standard InChI is InChI=1S/C14H21NO3/c1-9(8-13(15)10(2)14(16)17)11-4-6-12(18-3)7-5-11/h4-7,9-10,13H,8,15H2,1-3H3,(H,16,17). The lowest BCUT2D eigenvalue weighted by atomic mass is 9.89. The highest BCUT2D eigenvalue weighted by molar-refractivity contribution is 5.70. The third-order valence-corrected chi connectivity index (χ3v) is 3.34. The van der Waals surface area contributed by atoms with Crippen LogP contribution in [0.25, 0.3) is 0 Å². The van der Waals surface area contributed by atoms with Gasteiger partial charge >= 0.3 is 5.97 Å². The maximum absolute atomic E-state index is 10.8. The van der Waals surface area contributed by atoms with E-state index in [0.717, 1.165) is 11.3 Å². The zero-order valence-electron chi connectivity index (χ0n) is 11.1. The number of ether oxygens (including phenoxy) is 1. The van der Waals surface area contributed by atoms with Crippen molar-refractivity contribution >= 4 is 5.97 Å². The molecule has 3 atom stereocenters. The van der Waals surface area contributed by atoms with E-state index in [9.17, 15) is 4.79 Å². The number of carbonyl (C=O) groups is 1. The van der Waals surface area contributed by atoms with Crippen LogP contribution in [0.4, 0.5) is 0 Å². The van der Waals surface area contributed by atoms with Gasteiger partial charge in [0.05, 0.1) is 13.0 Å². The Morgan fingerprint density at radius 3 is 2.33 bits per heavy atom. The molecule has 0 fully saturated rings. The fourth-order valence-electron chi connectivity index (χ4n) is 1.86. The quantitative estimate of drug-likeness (QED) is 0.813. The number of carboxylic acid groups (broad SMARTS) is 1. The molecule has 0 radical (unpaired) electrons. The Morgan fingerprint density at radius 2 is 1.89 bits per heavy atom. The lowest BCUT2D eigenvalue weighted by Gasteiger charge is -2.20. The van der Waals surface area contributed by atoms with Crippen LogP contribution in [0.1, 0.15) is 31.7 Å². The summed E-state index contributed by atoms with van der Waals surface area (Å²) in [6.45, 7) is 3.70. The number of methoxy groups -OCH3 is 1. The van der Waals surface area contributed by atoms with E-state index < -0.39 is 11.9 Å². The van der Waals surface area contributed by atoms with Crippen molar-refractivity contribution in [1.82, 2.24) is 0 Å². The Kier molecular flexibility index (Phi) is 5.16. The Hall–Kier alpha value is -1.55. The topological polar surface area (TPSA) is 72.5 Å². The van der Waals surface area contributed by atoms with Crippen LogP contribution in [0.5, 0.6) is 5.75 Å². The SMILES string of the molecule is COc1ccc(C(C)CC(N)C(C)C(=O)O)cc1. The zero-order valence-corrected chi connectivity index (χ0v) is 11.1. The molecule has 0 heterocycles. The van der Waals surface area contributed by atoms with Crippen molar-refractivity contribution in [2.24, 2.45) is 11.7 Å². The molecule has 0 aromatic heterocycles. The van der Waals surface area contributed by atoms with E-state index in [1.54, 1.807) is 14.0 Å². The van der Waals surface area contributed by atoms with Gasteiger partial charge in [-0.25, -0.2) is 0 Å². The second kappa shape index (κ2) is 6.40. The first kappa shape index (κ1) is 14.5. The van der Waals surface area contributed by atoms with Crippen LogP contribution < -0.4 is 10.5 Å². The molecule has 1 aromatic carbocycles. The Morgan fingerprint density at radius 1 is 1.33 bits per heavy atom. The summed E-state index contributed by atoms with van der Waals surface area (Å²) in [5, 5.41) is 8.91. The van der Waals surface area contributed by atoms with E-state index in [2.05, 4.69) is 6.92 Å². The van der Waals surface area contributed by atoms with Crippen LogP contribution in [0.3, 0.4) is 0 Å². The minimum atomic E-state index is -0.843. The normalized spacial score (nSPS) is 15.8. The van der Waals surface area contributed by atoms with Gasteiger partial charge in [-0.05, 0) is 30.0 Å². The number of nitrogens with two attached hydrogens (primary N) is 1. The van der Waals surface area contributed by atoms with Crippen molar-refractivity contribution in [1.29, 1.82) is 0 Å². The lowest BCUT2D eigenvalue weighted by Crippen LogP contribution is -2.34. The second-order valence-corrected chi connectivity index (χ2v) is 4.70. The molecule has 0 aliphatic heterocycles. The molecule has 4 heteroatoms. The molecule has 0 bridgehead atoms. The molecule has 0 aliphatic rings. The van der Waals surface area contributed by atoms with E-state index in [1.165, 1.54) is 0 Å². The van der Waals surface area contributed by atoms with E-state index in [4.69, 9.17) is 15.6 Å². The Labute approximate surface area is 108 Å². The lowest BCUT2D eigenvalue weighted by molar-refractivity contribution is -0.141. The number of hydrogen-bond donors (Lipinski definition) is 2. The van der Waals surface area contributed by atoms with E-state index >= 15 is 0 Å². The summed E-state index contributed by atoms with van der Waals surface area (Å²) < 4.78 is 5.10.